The molecule has 1 aliphatic carbocycles. The molecule has 2 aromatic rings. The molecule has 146 valence electrons. The molecule has 0 saturated heterocycles. The number of alkyl halides is 3. The van der Waals surface area contributed by atoms with Gasteiger partial charge in [0, 0.05) is 5.56 Å². The summed E-state index contributed by atoms with van der Waals surface area (Å²) in [7, 11) is 0. The molecular formula is C23H20F4O. The molecule has 1 unspecified atom stereocenters. The summed E-state index contributed by atoms with van der Waals surface area (Å²) >= 11 is 0. The van der Waals surface area contributed by atoms with Crippen LogP contribution >= 0.6 is 0 Å². The SMILES string of the molecule is C=CCCC1CCc2c(ccc(C#Cc3ccc(OC(F)(F)F)cc3)c2F)C1. The Labute approximate surface area is 162 Å². The van der Waals surface area contributed by atoms with Gasteiger partial charge in [0.15, 0.2) is 0 Å². The summed E-state index contributed by atoms with van der Waals surface area (Å²) in [6.45, 7) is 3.75. The van der Waals surface area contributed by atoms with Crippen LogP contribution in [-0.2, 0) is 12.8 Å². The van der Waals surface area contributed by atoms with E-state index in [9.17, 15) is 17.6 Å². The quantitative estimate of drug-likeness (QED) is 0.344. The van der Waals surface area contributed by atoms with Gasteiger partial charge >= 0.3 is 6.36 Å². The Morgan fingerprint density at radius 2 is 1.86 bits per heavy atom. The Hall–Kier alpha value is -2.74. The van der Waals surface area contributed by atoms with Gasteiger partial charge < -0.3 is 4.74 Å². The van der Waals surface area contributed by atoms with Gasteiger partial charge in [0.05, 0.1) is 5.56 Å². The van der Waals surface area contributed by atoms with Crippen molar-refractivity contribution < 1.29 is 22.3 Å². The highest BCUT2D eigenvalue weighted by atomic mass is 19.4. The van der Waals surface area contributed by atoms with Crippen molar-refractivity contribution in [3.05, 3.63) is 77.1 Å². The third kappa shape index (κ3) is 5.16. The minimum Gasteiger partial charge on any atom is -0.406 e. The van der Waals surface area contributed by atoms with Crippen LogP contribution in [0, 0.1) is 23.6 Å². The largest absolute Gasteiger partial charge is 0.573 e. The minimum atomic E-state index is -4.73. The summed E-state index contributed by atoms with van der Waals surface area (Å²) in [5, 5.41) is 0. The molecule has 0 N–H and O–H groups in total. The number of ether oxygens (including phenoxy) is 1. The molecular weight excluding hydrogens is 368 g/mol. The van der Waals surface area contributed by atoms with Crippen molar-refractivity contribution in [2.75, 3.05) is 0 Å². The van der Waals surface area contributed by atoms with E-state index in [1.54, 1.807) is 6.07 Å². The second-order valence-electron chi connectivity index (χ2n) is 6.86. The maximum absolute atomic E-state index is 14.8. The summed E-state index contributed by atoms with van der Waals surface area (Å²) in [5.41, 5.74) is 2.56. The van der Waals surface area contributed by atoms with Gasteiger partial charge in [-0.2, -0.15) is 0 Å². The topological polar surface area (TPSA) is 9.23 Å². The van der Waals surface area contributed by atoms with Crippen LogP contribution in [-0.4, -0.2) is 6.36 Å². The standard InChI is InChI=1S/C23H20F4O/c1-2-3-4-17-8-14-21-19(15-17)11-10-18(22(21)24)9-5-16-6-12-20(13-7-16)28-23(25,26)27/h2,6-7,10-13,17H,1,3-4,8,14-15H2. The van der Waals surface area contributed by atoms with Crippen molar-refractivity contribution >= 4 is 0 Å². The first kappa shape index (κ1) is 20.0. The molecule has 5 heteroatoms. The maximum atomic E-state index is 14.8. The lowest BCUT2D eigenvalue weighted by Crippen LogP contribution is -2.16. The van der Waals surface area contributed by atoms with Crippen molar-refractivity contribution in [2.45, 2.75) is 38.5 Å². The predicted octanol–water partition coefficient (Wildman–Crippen LogP) is 6.20. The van der Waals surface area contributed by atoms with Crippen LogP contribution in [0.1, 0.15) is 41.5 Å². The van der Waals surface area contributed by atoms with Gasteiger partial charge in [-0.1, -0.05) is 24.0 Å². The van der Waals surface area contributed by atoms with Crippen LogP contribution in [0.25, 0.3) is 0 Å². The molecule has 28 heavy (non-hydrogen) atoms. The van der Waals surface area contributed by atoms with E-state index in [-0.39, 0.29) is 11.6 Å². The lowest BCUT2D eigenvalue weighted by molar-refractivity contribution is -0.274. The van der Waals surface area contributed by atoms with Crippen LogP contribution in [0.4, 0.5) is 17.6 Å². The summed E-state index contributed by atoms with van der Waals surface area (Å²) in [6, 6.07) is 8.80. The van der Waals surface area contributed by atoms with Crippen molar-refractivity contribution in [1.29, 1.82) is 0 Å². The lowest BCUT2D eigenvalue weighted by Gasteiger charge is -2.25. The number of allylic oxidation sites excluding steroid dienone is 1. The van der Waals surface area contributed by atoms with Crippen LogP contribution in [0.15, 0.2) is 49.1 Å². The van der Waals surface area contributed by atoms with E-state index in [0.29, 0.717) is 23.5 Å². The Kier molecular flexibility index (Phi) is 6.08. The number of hydrogen-bond donors (Lipinski definition) is 0. The van der Waals surface area contributed by atoms with E-state index in [2.05, 4.69) is 23.2 Å². The van der Waals surface area contributed by atoms with Gasteiger partial charge in [0.2, 0.25) is 0 Å². The predicted molar refractivity (Wildman–Crippen MR) is 100 cm³/mol. The minimum absolute atomic E-state index is 0.288. The van der Waals surface area contributed by atoms with Crippen LogP contribution in [0.2, 0.25) is 0 Å². The fraction of sp³-hybridized carbons (Fsp3) is 0.304. The highest BCUT2D eigenvalue weighted by Gasteiger charge is 2.30. The van der Waals surface area contributed by atoms with E-state index >= 15 is 0 Å². The third-order valence-corrected chi connectivity index (χ3v) is 4.86. The molecule has 3 rings (SSSR count). The zero-order valence-electron chi connectivity index (χ0n) is 15.3. The Morgan fingerprint density at radius 3 is 2.54 bits per heavy atom. The lowest BCUT2D eigenvalue weighted by atomic mass is 9.81. The number of halogens is 4. The number of benzene rings is 2. The summed E-state index contributed by atoms with van der Waals surface area (Å²) in [5.74, 6) is 5.54. The van der Waals surface area contributed by atoms with Gasteiger partial charge in [-0.25, -0.2) is 4.39 Å². The van der Waals surface area contributed by atoms with Crippen molar-refractivity contribution in [3.63, 3.8) is 0 Å². The van der Waals surface area contributed by atoms with E-state index < -0.39 is 6.36 Å². The van der Waals surface area contributed by atoms with Crippen LogP contribution in [0.3, 0.4) is 0 Å². The Bertz CT molecular complexity index is 901. The molecule has 0 bridgehead atoms. The first-order valence-corrected chi connectivity index (χ1v) is 9.14. The molecule has 0 radical (unpaired) electrons. The molecule has 0 aliphatic heterocycles. The average molecular weight is 388 g/mol. The maximum Gasteiger partial charge on any atom is 0.573 e. The summed E-state index contributed by atoms with van der Waals surface area (Å²) in [4.78, 5) is 0. The Morgan fingerprint density at radius 1 is 1.11 bits per heavy atom. The van der Waals surface area contributed by atoms with Crippen molar-refractivity contribution in [2.24, 2.45) is 5.92 Å². The second-order valence-corrected chi connectivity index (χ2v) is 6.86. The highest BCUT2D eigenvalue weighted by Crippen LogP contribution is 2.31. The molecule has 1 nitrogen and oxygen atoms in total. The average Bonchev–Trinajstić information content (AvgIpc) is 2.66. The fourth-order valence-corrected chi connectivity index (χ4v) is 3.46. The number of fused-ring (bicyclic) bond motifs is 1. The smallest absolute Gasteiger partial charge is 0.406 e. The van der Waals surface area contributed by atoms with Crippen molar-refractivity contribution in [1.82, 2.24) is 0 Å². The first-order valence-electron chi connectivity index (χ1n) is 9.14. The number of hydrogen-bond acceptors (Lipinski definition) is 1. The highest BCUT2D eigenvalue weighted by molar-refractivity contribution is 5.48. The van der Waals surface area contributed by atoms with Gasteiger partial charge in [-0.05, 0) is 79.5 Å². The first-order chi connectivity index (χ1) is 13.4. The Balaban J connectivity index is 1.74. The normalized spacial score (nSPS) is 15.9. The van der Waals surface area contributed by atoms with Gasteiger partial charge in [0.1, 0.15) is 11.6 Å². The summed E-state index contributed by atoms with van der Waals surface area (Å²) < 4.78 is 55.2. The van der Waals surface area contributed by atoms with Crippen LogP contribution in [0.5, 0.6) is 5.75 Å². The molecule has 0 saturated carbocycles. The zero-order chi connectivity index (χ0) is 20.1. The monoisotopic (exact) mass is 388 g/mol. The van der Waals surface area contributed by atoms with Gasteiger partial charge in [0.25, 0.3) is 0 Å². The molecule has 1 atom stereocenters. The van der Waals surface area contributed by atoms with Crippen LogP contribution < -0.4 is 4.74 Å². The van der Waals surface area contributed by atoms with E-state index in [1.165, 1.54) is 24.3 Å². The van der Waals surface area contributed by atoms with Gasteiger partial charge in [-0.3, -0.25) is 0 Å². The van der Waals surface area contributed by atoms with Gasteiger partial charge in [-0.15, -0.1) is 19.8 Å². The molecule has 0 aromatic heterocycles. The molecule has 0 spiro atoms. The zero-order valence-corrected chi connectivity index (χ0v) is 15.3. The third-order valence-electron chi connectivity index (χ3n) is 4.86. The second kappa shape index (κ2) is 8.52. The van der Waals surface area contributed by atoms with Crippen molar-refractivity contribution in [3.8, 4) is 17.6 Å². The van der Waals surface area contributed by atoms with E-state index in [4.69, 9.17) is 0 Å². The van der Waals surface area contributed by atoms with E-state index in [0.717, 1.165) is 36.8 Å². The fourth-order valence-electron chi connectivity index (χ4n) is 3.46. The molecule has 0 amide bonds. The van der Waals surface area contributed by atoms with E-state index in [1.807, 2.05) is 12.1 Å². The molecule has 1 aliphatic rings. The number of rotatable bonds is 4. The molecule has 0 fully saturated rings. The summed E-state index contributed by atoms with van der Waals surface area (Å²) in [6.07, 6.45) is 1.74. The molecule has 0 heterocycles. The molecule has 2 aromatic carbocycles.